The number of halogens is 1. The average molecular weight is 406 g/mol. The number of aliphatic hydroxyl groups excluding tert-OH is 1. The molecule has 1 saturated heterocycles. The summed E-state index contributed by atoms with van der Waals surface area (Å²) in [6.07, 6.45) is 9.17. The lowest BCUT2D eigenvalue weighted by atomic mass is 9.90. The molecule has 1 aliphatic carbocycles. The zero-order valence-electron chi connectivity index (χ0n) is 14.8. The van der Waals surface area contributed by atoms with Gasteiger partial charge in [-0.15, -0.1) is 6.42 Å². The number of aliphatic hydroxyl groups is 1. The van der Waals surface area contributed by atoms with E-state index in [0.717, 1.165) is 19.3 Å². The van der Waals surface area contributed by atoms with Crippen molar-refractivity contribution >= 4 is 38.6 Å². The highest BCUT2D eigenvalue weighted by molar-refractivity contribution is 7.93. The van der Waals surface area contributed by atoms with Crippen LogP contribution in [-0.2, 0) is 14.5 Å². The number of nitrogens with zero attached hydrogens (tertiary/aromatic N) is 1. The number of rotatable bonds is 3. The molecule has 0 saturated carbocycles. The summed E-state index contributed by atoms with van der Waals surface area (Å²) in [6, 6.07) is 2.93. The van der Waals surface area contributed by atoms with Crippen LogP contribution in [0, 0.1) is 12.3 Å². The Morgan fingerprint density at radius 1 is 1.19 bits per heavy atom. The molecule has 3 rings (SSSR count). The topological polar surface area (TPSA) is 83.8 Å². The first-order valence-electron chi connectivity index (χ1n) is 8.88. The Hall–Kier alpha value is -2.10. The average Bonchev–Trinajstić information content (AvgIpc) is 2.63. The van der Waals surface area contributed by atoms with E-state index in [0.29, 0.717) is 23.5 Å². The van der Waals surface area contributed by atoms with Crippen LogP contribution in [-0.4, -0.2) is 32.4 Å². The minimum Gasteiger partial charge on any atom is -0.511 e. The quantitative estimate of drug-likeness (QED) is 0.460. The molecule has 1 aromatic carbocycles. The molecule has 0 aromatic heterocycles. The van der Waals surface area contributed by atoms with Gasteiger partial charge in [-0.1, -0.05) is 23.9 Å². The maximum atomic E-state index is 13.0. The Labute approximate surface area is 164 Å². The van der Waals surface area contributed by atoms with Crippen molar-refractivity contribution in [3.05, 3.63) is 39.6 Å². The van der Waals surface area contributed by atoms with E-state index in [4.69, 9.17) is 18.0 Å². The summed E-state index contributed by atoms with van der Waals surface area (Å²) in [6.45, 7) is 0. The molecule has 0 radical (unpaired) electrons. The lowest BCUT2D eigenvalue weighted by Crippen LogP contribution is -2.20. The van der Waals surface area contributed by atoms with Crippen LogP contribution >= 0.6 is 11.6 Å². The second-order valence-electron chi connectivity index (χ2n) is 6.73. The van der Waals surface area contributed by atoms with Crippen LogP contribution in [0.4, 0.5) is 5.69 Å². The van der Waals surface area contributed by atoms with Crippen LogP contribution in [0.1, 0.15) is 54.4 Å². The molecule has 0 spiro atoms. The molecule has 1 heterocycles. The van der Waals surface area contributed by atoms with Crippen molar-refractivity contribution < 1.29 is 18.9 Å². The van der Waals surface area contributed by atoms with Gasteiger partial charge in [0.2, 0.25) is 5.78 Å². The highest BCUT2D eigenvalue weighted by Crippen LogP contribution is 2.36. The molecule has 1 N–H and O–H groups in total. The number of carbonyl (C=O) groups excluding carboxylic acids is 2. The first kappa shape index (κ1) is 19.7. The summed E-state index contributed by atoms with van der Waals surface area (Å²) in [5.41, 5.74) is 0.299. The van der Waals surface area contributed by atoms with Gasteiger partial charge in [-0.2, -0.15) is 4.36 Å². The van der Waals surface area contributed by atoms with E-state index in [1.165, 1.54) is 12.1 Å². The van der Waals surface area contributed by atoms with Crippen molar-refractivity contribution in [2.45, 2.75) is 38.5 Å². The molecule has 2 aliphatic rings. The number of carbonyl (C=O) groups is 2. The van der Waals surface area contributed by atoms with Crippen molar-refractivity contribution in [3.8, 4) is 12.3 Å². The van der Waals surface area contributed by atoms with E-state index < -0.39 is 21.3 Å². The van der Waals surface area contributed by atoms with Gasteiger partial charge in [0.25, 0.3) is 0 Å². The molecule has 1 aliphatic heterocycles. The van der Waals surface area contributed by atoms with Gasteiger partial charge in [0, 0.05) is 29.9 Å². The SMILES string of the molecule is C#Cc1ccc(C(=O)C2=C(O)CCCC2=O)c(Cl)c1N=S1(=O)CCCCC1. The fourth-order valence-corrected chi connectivity index (χ4v) is 5.92. The maximum absolute atomic E-state index is 13.0. The summed E-state index contributed by atoms with van der Waals surface area (Å²) in [5.74, 6) is 2.12. The smallest absolute Gasteiger partial charge is 0.201 e. The third-order valence-corrected chi connectivity index (χ3v) is 7.56. The molecule has 0 unspecified atom stereocenters. The Morgan fingerprint density at radius 2 is 1.89 bits per heavy atom. The summed E-state index contributed by atoms with van der Waals surface area (Å²) in [5, 5.41) is 10.0. The second-order valence-corrected chi connectivity index (χ2v) is 9.65. The van der Waals surface area contributed by atoms with E-state index in [2.05, 4.69) is 10.3 Å². The predicted molar refractivity (Wildman–Crippen MR) is 106 cm³/mol. The van der Waals surface area contributed by atoms with Gasteiger partial charge < -0.3 is 5.11 Å². The van der Waals surface area contributed by atoms with Gasteiger partial charge in [0.15, 0.2) is 5.78 Å². The summed E-state index contributed by atoms with van der Waals surface area (Å²) in [7, 11) is -2.48. The van der Waals surface area contributed by atoms with Gasteiger partial charge in [-0.05, 0) is 31.4 Å². The first-order chi connectivity index (χ1) is 12.9. The lowest BCUT2D eigenvalue weighted by molar-refractivity contribution is -0.116. The molecule has 27 heavy (non-hydrogen) atoms. The van der Waals surface area contributed by atoms with Gasteiger partial charge in [0.05, 0.1) is 20.3 Å². The fourth-order valence-electron chi connectivity index (χ4n) is 3.36. The second kappa shape index (κ2) is 7.87. The van der Waals surface area contributed by atoms with Crippen LogP contribution in [0.25, 0.3) is 0 Å². The monoisotopic (exact) mass is 405 g/mol. The predicted octanol–water partition coefficient (Wildman–Crippen LogP) is 4.35. The summed E-state index contributed by atoms with van der Waals surface area (Å²) >= 11 is 6.43. The standard InChI is InChI=1S/C20H20ClNO4S/c1-2-13-9-10-14(20(25)17-15(23)7-6-8-16(17)24)18(21)19(13)22-27(26)11-4-3-5-12-27/h1,9-10,23H,3-8,11-12H2. The van der Waals surface area contributed by atoms with E-state index in [1.54, 1.807) is 0 Å². The number of Topliss-reactive ketones (excluding diaryl/α,β-unsaturated/α-hetero) is 2. The minimum absolute atomic E-state index is 0.0255. The van der Waals surface area contributed by atoms with Gasteiger partial charge in [0.1, 0.15) is 17.0 Å². The van der Waals surface area contributed by atoms with E-state index in [9.17, 15) is 18.9 Å². The van der Waals surface area contributed by atoms with Crippen molar-refractivity contribution in [3.63, 3.8) is 0 Å². The van der Waals surface area contributed by atoms with E-state index in [1.807, 2.05) is 0 Å². The van der Waals surface area contributed by atoms with E-state index >= 15 is 0 Å². The molecule has 142 valence electrons. The zero-order chi connectivity index (χ0) is 19.6. The summed E-state index contributed by atoms with van der Waals surface area (Å²) < 4.78 is 17.4. The molecule has 0 atom stereocenters. The number of terminal acetylenes is 1. The number of ketones is 2. The Kier molecular flexibility index (Phi) is 5.73. The van der Waals surface area contributed by atoms with E-state index in [-0.39, 0.29) is 40.4 Å². The van der Waals surface area contributed by atoms with Gasteiger partial charge in [-0.25, -0.2) is 4.21 Å². The first-order valence-corrected chi connectivity index (χ1v) is 11.1. The van der Waals surface area contributed by atoms with Crippen molar-refractivity contribution in [2.75, 3.05) is 11.5 Å². The molecular formula is C20H20ClNO4S. The molecule has 1 aromatic rings. The minimum atomic E-state index is -2.48. The number of benzene rings is 1. The number of hydrogen-bond donors (Lipinski definition) is 1. The van der Waals surface area contributed by atoms with Crippen LogP contribution in [0.2, 0.25) is 5.02 Å². The third kappa shape index (κ3) is 3.95. The fraction of sp³-hybridized carbons (Fsp3) is 0.400. The molecular weight excluding hydrogens is 386 g/mol. The van der Waals surface area contributed by atoms with Crippen molar-refractivity contribution in [1.82, 2.24) is 0 Å². The molecule has 0 amide bonds. The van der Waals surface area contributed by atoms with Crippen LogP contribution in [0.3, 0.4) is 0 Å². The van der Waals surface area contributed by atoms with Crippen molar-refractivity contribution in [1.29, 1.82) is 0 Å². The molecule has 1 fully saturated rings. The Balaban J connectivity index is 2.13. The summed E-state index contributed by atoms with van der Waals surface area (Å²) in [4.78, 5) is 25.0. The normalized spacial score (nSPS) is 19.5. The van der Waals surface area contributed by atoms with Gasteiger partial charge >= 0.3 is 0 Å². The molecule has 5 nitrogen and oxygen atoms in total. The highest BCUT2D eigenvalue weighted by atomic mass is 35.5. The lowest BCUT2D eigenvalue weighted by Gasteiger charge is -2.18. The highest BCUT2D eigenvalue weighted by Gasteiger charge is 2.30. The number of hydrogen-bond acceptors (Lipinski definition) is 5. The molecule has 7 heteroatoms. The third-order valence-electron chi connectivity index (χ3n) is 4.81. The Bertz CT molecular complexity index is 998. The largest absolute Gasteiger partial charge is 0.511 e. The van der Waals surface area contributed by atoms with Crippen LogP contribution < -0.4 is 0 Å². The van der Waals surface area contributed by atoms with Crippen LogP contribution in [0.5, 0.6) is 0 Å². The number of allylic oxidation sites excluding steroid dienone is 2. The molecule has 0 bridgehead atoms. The van der Waals surface area contributed by atoms with Gasteiger partial charge in [-0.3, -0.25) is 9.59 Å². The van der Waals surface area contributed by atoms with Crippen molar-refractivity contribution in [2.24, 2.45) is 4.36 Å². The zero-order valence-corrected chi connectivity index (χ0v) is 16.4. The Morgan fingerprint density at radius 3 is 2.52 bits per heavy atom. The maximum Gasteiger partial charge on any atom is 0.201 e. The van der Waals surface area contributed by atoms with Crippen LogP contribution in [0.15, 0.2) is 27.8 Å².